The molecule has 0 unspecified atom stereocenters. The zero-order valence-electron chi connectivity index (χ0n) is 9.12. The highest BCUT2D eigenvalue weighted by atomic mass is 32.1. The van der Waals surface area contributed by atoms with Gasteiger partial charge in [-0.1, -0.05) is 0 Å². The summed E-state index contributed by atoms with van der Waals surface area (Å²) in [5.74, 6) is 0.996. The Morgan fingerprint density at radius 2 is 1.92 bits per heavy atom. The second-order valence-electron chi connectivity index (χ2n) is 3.65. The number of nitrogens with zero attached hydrogens (tertiary/aromatic N) is 1. The minimum Gasteiger partial charge on any atom is -0.377 e. The highest BCUT2D eigenvalue weighted by Gasteiger charge is 1.98. The summed E-state index contributed by atoms with van der Waals surface area (Å²) in [7, 11) is 2.14. The first kappa shape index (κ1) is 13.3. The number of unbranched alkanes of at least 4 members (excludes halogenated alkanes) is 1. The minimum absolute atomic E-state index is 0.353. The van der Waals surface area contributed by atoms with Crippen LogP contribution in [0.15, 0.2) is 0 Å². The van der Waals surface area contributed by atoms with Crippen LogP contribution in [0.25, 0.3) is 0 Å². The third-order valence-electron chi connectivity index (χ3n) is 1.87. The van der Waals surface area contributed by atoms with Crippen LogP contribution in [0.2, 0.25) is 0 Å². The molecule has 2 nitrogen and oxygen atoms in total. The van der Waals surface area contributed by atoms with E-state index in [0.29, 0.717) is 6.10 Å². The monoisotopic (exact) mass is 205 g/mol. The summed E-state index contributed by atoms with van der Waals surface area (Å²) >= 11 is 4.18. The van der Waals surface area contributed by atoms with Gasteiger partial charge < -0.3 is 9.64 Å². The van der Waals surface area contributed by atoms with Gasteiger partial charge in [-0.3, -0.25) is 0 Å². The first-order valence-corrected chi connectivity index (χ1v) is 5.71. The Balaban J connectivity index is 3.15. The highest BCUT2D eigenvalue weighted by Crippen LogP contribution is 1.95. The van der Waals surface area contributed by atoms with E-state index in [0.717, 1.165) is 25.4 Å². The Bertz CT molecular complexity index is 109. The number of likely N-dealkylation sites (N-methyl/N-ethyl adjacent to an activating group) is 1. The van der Waals surface area contributed by atoms with E-state index in [1.54, 1.807) is 0 Å². The van der Waals surface area contributed by atoms with Crippen LogP contribution < -0.4 is 0 Å². The smallest absolute Gasteiger partial charge is 0.0596 e. The summed E-state index contributed by atoms with van der Waals surface area (Å²) in [5.41, 5.74) is 0. The summed E-state index contributed by atoms with van der Waals surface area (Å²) in [4.78, 5) is 2.31. The minimum atomic E-state index is 0.353. The zero-order valence-corrected chi connectivity index (χ0v) is 10.0. The van der Waals surface area contributed by atoms with Gasteiger partial charge in [-0.15, -0.1) is 0 Å². The lowest BCUT2D eigenvalue weighted by atomic mass is 10.3. The van der Waals surface area contributed by atoms with Crippen LogP contribution in [-0.2, 0) is 4.74 Å². The second-order valence-corrected chi connectivity index (χ2v) is 4.10. The fourth-order valence-corrected chi connectivity index (χ4v) is 1.27. The molecule has 0 fully saturated rings. The maximum Gasteiger partial charge on any atom is 0.0596 e. The van der Waals surface area contributed by atoms with E-state index in [4.69, 9.17) is 4.74 Å². The molecule has 80 valence electrons. The predicted molar refractivity (Wildman–Crippen MR) is 61.7 cm³/mol. The summed E-state index contributed by atoms with van der Waals surface area (Å²) in [5, 5.41) is 0. The summed E-state index contributed by atoms with van der Waals surface area (Å²) < 4.78 is 5.46. The molecule has 0 radical (unpaired) electrons. The van der Waals surface area contributed by atoms with Gasteiger partial charge in [0.05, 0.1) is 12.7 Å². The number of thiol groups is 1. The van der Waals surface area contributed by atoms with Crippen molar-refractivity contribution >= 4 is 12.6 Å². The molecule has 0 heterocycles. The van der Waals surface area contributed by atoms with Gasteiger partial charge in [0, 0.05) is 6.54 Å². The largest absolute Gasteiger partial charge is 0.377 e. The van der Waals surface area contributed by atoms with E-state index in [1.807, 2.05) is 0 Å². The van der Waals surface area contributed by atoms with Crippen LogP contribution in [0.5, 0.6) is 0 Å². The van der Waals surface area contributed by atoms with Crippen LogP contribution in [-0.4, -0.2) is 43.5 Å². The second kappa shape index (κ2) is 8.85. The maximum atomic E-state index is 5.46. The first-order chi connectivity index (χ1) is 6.16. The van der Waals surface area contributed by atoms with Crippen molar-refractivity contribution in [2.24, 2.45) is 0 Å². The molecule has 0 bridgehead atoms. The van der Waals surface area contributed by atoms with Crippen LogP contribution in [0.4, 0.5) is 0 Å². The van der Waals surface area contributed by atoms with Crippen LogP contribution in [0.1, 0.15) is 26.7 Å². The lowest BCUT2D eigenvalue weighted by molar-refractivity contribution is 0.0637. The SMILES string of the molecule is CC(C)OCCN(C)CCCCS. The molecule has 0 aromatic rings. The van der Waals surface area contributed by atoms with Gasteiger partial charge in [0.2, 0.25) is 0 Å². The molecule has 0 aliphatic rings. The third-order valence-corrected chi connectivity index (χ3v) is 2.19. The molecule has 0 aliphatic carbocycles. The molecule has 0 aromatic carbocycles. The van der Waals surface area contributed by atoms with Crippen molar-refractivity contribution in [1.29, 1.82) is 0 Å². The van der Waals surface area contributed by atoms with Crippen molar-refractivity contribution in [1.82, 2.24) is 4.90 Å². The van der Waals surface area contributed by atoms with Gasteiger partial charge >= 0.3 is 0 Å². The number of ether oxygens (including phenoxy) is 1. The summed E-state index contributed by atoms with van der Waals surface area (Å²) in [6, 6.07) is 0. The molecular formula is C10H23NOS. The topological polar surface area (TPSA) is 12.5 Å². The third kappa shape index (κ3) is 10.2. The van der Waals surface area contributed by atoms with Crippen molar-refractivity contribution in [3.8, 4) is 0 Å². The zero-order chi connectivity index (χ0) is 10.1. The predicted octanol–water partition coefficient (Wildman–Crippen LogP) is 2.05. The molecule has 0 aliphatic heterocycles. The standard InChI is InChI=1S/C10H23NOS/c1-10(2)12-8-7-11(3)6-4-5-9-13/h10,13H,4-9H2,1-3H3. The Kier molecular flexibility index (Phi) is 9.03. The van der Waals surface area contributed by atoms with Gasteiger partial charge in [0.25, 0.3) is 0 Å². The Morgan fingerprint density at radius 3 is 2.46 bits per heavy atom. The Labute approximate surface area is 88.1 Å². The Hall–Kier alpha value is 0.270. The van der Waals surface area contributed by atoms with E-state index in [1.165, 1.54) is 12.8 Å². The van der Waals surface area contributed by atoms with E-state index in [2.05, 4.69) is 38.4 Å². The van der Waals surface area contributed by atoms with Gasteiger partial charge in [0.1, 0.15) is 0 Å². The molecular weight excluding hydrogens is 182 g/mol. The number of hydrogen-bond donors (Lipinski definition) is 1. The van der Waals surface area contributed by atoms with Gasteiger partial charge in [0.15, 0.2) is 0 Å². The van der Waals surface area contributed by atoms with Crippen molar-refractivity contribution in [2.45, 2.75) is 32.8 Å². The fourth-order valence-electron chi connectivity index (χ4n) is 1.05. The van der Waals surface area contributed by atoms with Crippen molar-refractivity contribution in [2.75, 3.05) is 32.5 Å². The lowest BCUT2D eigenvalue weighted by Gasteiger charge is -2.17. The van der Waals surface area contributed by atoms with Gasteiger partial charge in [-0.25, -0.2) is 0 Å². The molecule has 3 heteroatoms. The maximum absolute atomic E-state index is 5.46. The van der Waals surface area contributed by atoms with Crippen LogP contribution in [0, 0.1) is 0 Å². The molecule has 0 saturated carbocycles. The van der Waals surface area contributed by atoms with E-state index >= 15 is 0 Å². The molecule has 0 spiro atoms. The normalized spacial score (nSPS) is 11.5. The van der Waals surface area contributed by atoms with Crippen molar-refractivity contribution in [3.63, 3.8) is 0 Å². The highest BCUT2D eigenvalue weighted by molar-refractivity contribution is 7.80. The van der Waals surface area contributed by atoms with Gasteiger partial charge in [-0.2, -0.15) is 12.6 Å². The average molecular weight is 205 g/mol. The summed E-state index contributed by atoms with van der Waals surface area (Å²) in [6.07, 6.45) is 2.80. The first-order valence-electron chi connectivity index (χ1n) is 5.07. The molecule has 0 N–H and O–H groups in total. The number of rotatable bonds is 8. The Morgan fingerprint density at radius 1 is 1.23 bits per heavy atom. The lowest BCUT2D eigenvalue weighted by Crippen LogP contribution is -2.25. The quantitative estimate of drug-likeness (QED) is 0.481. The van der Waals surface area contributed by atoms with E-state index < -0.39 is 0 Å². The van der Waals surface area contributed by atoms with Crippen molar-refractivity contribution in [3.05, 3.63) is 0 Å². The summed E-state index contributed by atoms with van der Waals surface area (Å²) in [6.45, 7) is 7.17. The molecule has 0 saturated heterocycles. The number of hydrogen-bond acceptors (Lipinski definition) is 3. The molecule has 0 amide bonds. The van der Waals surface area contributed by atoms with E-state index in [9.17, 15) is 0 Å². The van der Waals surface area contributed by atoms with Gasteiger partial charge in [-0.05, 0) is 46.0 Å². The van der Waals surface area contributed by atoms with E-state index in [-0.39, 0.29) is 0 Å². The average Bonchev–Trinajstić information content (AvgIpc) is 2.04. The molecule has 0 atom stereocenters. The molecule has 13 heavy (non-hydrogen) atoms. The molecule has 0 aromatic heterocycles. The van der Waals surface area contributed by atoms with Crippen LogP contribution >= 0.6 is 12.6 Å². The molecule has 0 rings (SSSR count). The fraction of sp³-hybridized carbons (Fsp3) is 1.00. The van der Waals surface area contributed by atoms with Crippen LogP contribution in [0.3, 0.4) is 0 Å². The van der Waals surface area contributed by atoms with Crippen molar-refractivity contribution < 1.29 is 4.74 Å².